The molecule has 0 saturated heterocycles. The minimum atomic E-state index is -0.287. The quantitative estimate of drug-likeness (QED) is 0.529. The molecule has 0 spiro atoms. The lowest BCUT2D eigenvalue weighted by Gasteiger charge is -2.16. The van der Waals surface area contributed by atoms with Crippen molar-refractivity contribution in [2.75, 3.05) is 13.1 Å². The molecule has 2 unspecified atom stereocenters. The third kappa shape index (κ3) is 6.03. The highest BCUT2D eigenvalue weighted by atomic mass is 16.3. The first-order valence-electron chi connectivity index (χ1n) is 6.84. The minimum absolute atomic E-state index is 0.0316. The Morgan fingerprint density at radius 3 is 2.71 bits per heavy atom. The molecule has 0 bridgehead atoms. The van der Waals surface area contributed by atoms with Gasteiger partial charge in [-0.25, -0.2) is 0 Å². The van der Waals surface area contributed by atoms with Crippen LogP contribution in [0.5, 0.6) is 0 Å². The second-order valence-electron chi connectivity index (χ2n) is 5.03. The lowest BCUT2D eigenvalue weighted by molar-refractivity contribution is -0.122. The molecule has 0 aromatic heterocycles. The van der Waals surface area contributed by atoms with Crippen LogP contribution in [0.3, 0.4) is 0 Å². The predicted octanol–water partition coefficient (Wildman–Crippen LogP) is 1.04. The number of hydrogen-bond acceptors (Lipinski definition) is 3. The summed E-state index contributed by atoms with van der Waals surface area (Å²) in [5.41, 5.74) is 0. The van der Waals surface area contributed by atoms with Crippen molar-refractivity contribution in [1.29, 1.82) is 0 Å². The van der Waals surface area contributed by atoms with Crippen molar-refractivity contribution >= 4 is 5.91 Å². The van der Waals surface area contributed by atoms with E-state index in [0.29, 0.717) is 12.5 Å². The third-order valence-electron chi connectivity index (χ3n) is 3.27. The molecule has 1 rings (SSSR count). The average Bonchev–Trinajstić information content (AvgIpc) is 3.14. The van der Waals surface area contributed by atoms with Crippen molar-refractivity contribution in [2.45, 2.75) is 58.1 Å². The Morgan fingerprint density at radius 2 is 2.12 bits per heavy atom. The van der Waals surface area contributed by atoms with E-state index in [1.54, 1.807) is 0 Å². The molecular weight excluding hydrogens is 216 g/mol. The minimum Gasteiger partial charge on any atom is -0.392 e. The van der Waals surface area contributed by atoms with Gasteiger partial charge in [0.1, 0.15) is 0 Å². The molecule has 0 radical (unpaired) electrons. The summed E-state index contributed by atoms with van der Waals surface area (Å²) in [7, 11) is 0. The summed E-state index contributed by atoms with van der Waals surface area (Å²) in [4.78, 5) is 11.6. The van der Waals surface area contributed by atoms with Crippen molar-refractivity contribution in [3.8, 4) is 0 Å². The van der Waals surface area contributed by atoms with Crippen LogP contribution in [0.4, 0.5) is 0 Å². The van der Waals surface area contributed by atoms with E-state index in [1.165, 1.54) is 0 Å². The van der Waals surface area contributed by atoms with Crippen LogP contribution in [0.1, 0.15) is 46.0 Å². The molecular formula is C13H26N2O2. The van der Waals surface area contributed by atoms with Gasteiger partial charge in [0.25, 0.3) is 0 Å². The van der Waals surface area contributed by atoms with Gasteiger partial charge in [0, 0.05) is 13.1 Å². The Bertz CT molecular complexity index is 229. The smallest absolute Gasteiger partial charge is 0.236 e. The molecule has 4 heteroatoms. The monoisotopic (exact) mass is 242 g/mol. The van der Waals surface area contributed by atoms with Crippen LogP contribution in [0.15, 0.2) is 0 Å². The van der Waals surface area contributed by atoms with Gasteiger partial charge in [-0.1, -0.05) is 19.8 Å². The van der Waals surface area contributed by atoms with Crippen LogP contribution in [-0.2, 0) is 4.79 Å². The van der Waals surface area contributed by atoms with Crippen molar-refractivity contribution < 1.29 is 9.90 Å². The SMILES string of the molecule is CCCCCNC(=O)C(C)NCC(O)C1CC1. The van der Waals surface area contributed by atoms with Crippen molar-refractivity contribution in [3.05, 3.63) is 0 Å². The van der Waals surface area contributed by atoms with E-state index in [4.69, 9.17) is 0 Å². The number of aliphatic hydroxyl groups excluding tert-OH is 1. The van der Waals surface area contributed by atoms with Crippen molar-refractivity contribution in [1.82, 2.24) is 10.6 Å². The molecule has 1 amide bonds. The number of hydrogen-bond donors (Lipinski definition) is 3. The van der Waals surface area contributed by atoms with E-state index in [9.17, 15) is 9.90 Å². The second kappa shape index (κ2) is 7.67. The van der Waals surface area contributed by atoms with Gasteiger partial charge in [-0.05, 0) is 32.1 Å². The average molecular weight is 242 g/mol. The second-order valence-corrected chi connectivity index (χ2v) is 5.03. The van der Waals surface area contributed by atoms with E-state index >= 15 is 0 Å². The van der Waals surface area contributed by atoms with Crippen LogP contribution in [-0.4, -0.2) is 36.2 Å². The molecule has 0 aliphatic heterocycles. The van der Waals surface area contributed by atoms with Gasteiger partial charge in [0.05, 0.1) is 12.1 Å². The molecule has 1 saturated carbocycles. The first kappa shape index (κ1) is 14.5. The van der Waals surface area contributed by atoms with E-state index in [0.717, 1.165) is 38.6 Å². The predicted molar refractivity (Wildman–Crippen MR) is 68.7 cm³/mol. The largest absolute Gasteiger partial charge is 0.392 e. The van der Waals surface area contributed by atoms with Crippen LogP contribution < -0.4 is 10.6 Å². The maximum Gasteiger partial charge on any atom is 0.236 e. The zero-order chi connectivity index (χ0) is 12.7. The van der Waals surface area contributed by atoms with Gasteiger partial charge in [0.15, 0.2) is 0 Å². The summed E-state index contributed by atoms with van der Waals surface area (Å²) in [5.74, 6) is 0.492. The summed E-state index contributed by atoms with van der Waals surface area (Å²) < 4.78 is 0. The number of rotatable bonds is 9. The Kier molecular flexibility index (Phi) is 6.52. The van der Waals surface area contributed by atoms with E-state index in [2.05, 4.69) is 17.6 Å². The molecule has 1 fully saturated rings. The number of unbranched alkanes of at least 4 members (excludes halogenated alkanes) is 2. The molecule has 1 aliphatic rings. The molecule has 4 nitrogen and oxygen atoms in total. The lowest BCUT2D eigenvalue weighted by Crippen LogP contribution is -2.45. The summed E-state index contributed by atoms with van der Waals surface area (Å²) in [5, 5.41) is 15.7. The Labute approximate surface area is 104 Å². The fourth-order valence-electron chi connectivity index (χ4n) is 1.78. The van der Waals surface area contributed by atoms with Crippen LogP contribution in [0.2, 0.25) is 0 Å². The zero-order valence-corrected chi connectivity index (χ0v) is 11.0. The maximum absolute atomic E-state index is 11.6. The number of carbonyl (C=O) groups is 1. The van der Waals surface area contributed by atoms with Crippen LogP contribution in [0.25, 0.3) is 0 Å². The van der Waals surface area contributed by atoms with Gasteiger partial charge >= 0.3 is 0 Å². The highest BCUT2D eigenvalue weighted by molar-refractivity contribution is 5.81. The van der Waals surface area contributed by atoms with Crippen molar-refractivity contribution in [3.63, 3.8) is 0 Å². The number of nitrogens with one attached hydrogen (secondary N) is 2. The molecule has 1 aliphatic carbocycles. The molecule has 100 valence electrons. The topological polar surface area (TPSA) is 61.4 Å². The van der Waals surface area contributed by atoms with E-state index in [1.807, 2.05) is 6.92 Å². The van der Waals surface area contributed by atoms with Crippen LogP contribution >= 0.6 is 0 Å². The maximum atomic E-state index is 11.6. The van der Waals surface area contributed by atoms with E-state index < -0.39 is 0 Å². The zero-order valence-electron chi connectivity index (χ0n) is 11.0. The molecule has 3 N–H and O–H groups in total. The van der Waals surface area contributed by atoms with Gasteiger partial charge in [-0.3, -0.25) is 4.79 Å². The van der Waals surface area contributed by atoms with Gasteiger partial charge < -0.3 is 15.7 Å². The van der Waals surface area contributed by atoms with Gasteiger partial charge in [-0.2, -0.15) is 0 Å². The highest BCUT2D eigenvalue weighted by Crippen LogP contribution is 2.32. The molecule has 0 aromatic carbocycles. The normalized spacial score (nSPS) is 18.8. The Morgan fingerprint density at radius 1 is 1.41 bits per heavy atom. The Hall–Kier alpha value is -0.610. The fraction of sp³-hybridized carbons (Fsp3) is 0.923. The highest BCUT2D eigenvalue weighted by Gasteiger charge is 2.29. The number of amides is 1. The molecule has 0 heterocycles. The van der Waals surface area contributed by atoms with Crippen LogP contribution in [0, 0.1) is 5.92 Å². The molecule has 0 aromatic rings. The molecule has 17 heavy (non-hydrogen) atoms. The summed E-state index contributed by atoms with van der Waals surface area (Å²) in [6.07, 6.45) is 5.32. The van der Waals surface area contributed by atoms with E-state index in [-0.39, 0.29) is 18.1 Å². The fourth-order valence-corrected chi connectivity index (χ4v) is 1.78. The lowest BCUT2D eigenvalue weighted by atomic mass is 10.2. The van der Waals surface area contributed by atoms with Gasteiger partial charge in [-0.15, -0.1) is 0 Å². The summed E-state index contributed by atoms with van der Waals surface area (Å²) >= 11 is 0. The number of aliphatic hydroxyl groups is 1. The third-order valence-corrected chi connectivity index (χ3v) is 3.27. The summed E-state index contributed by atoms with van der Waals surface area (Å²) in [6, 6.07) is -0.218. The Balaban J connectivity index is 2.04. The summed E-state index contributed by atoms with van der Waals surface area (Å²) in [6.45, 7) is 5.26. The first-order chi connectivity index (χ1) is 8.15. The standard InChI is InChI=1S/C13H26N2O2/c1-3-4-5-8-14-13(17)10(2)15-9-12(16)11-6-7-11/h10-12,15-16H,3-9H2,1-2H3,(H,14,17). The molecule has 2 atom stereocenters. The van der Waals surface area contributed by atoms with Crippen molar-refractivity contribution in [2.24, 2.45) is 5.92 Å². The first-order valence-corrected chi connectivity index (χ1v) is 6.84. The number of carbonyl (C=O) groups excluding carboxylic acids is 1. The van der Waals surface area contributed by atoms with Gasteiger partial charge in [0.2, 0.25) is 5.91 Å².